The van der Waals surface area contributed by atoms with Crippen LogP contribution in [0.1, 0.15) is 10.7 Å². The number of sulfonamides is 1. The van der Waals surface area contributed by atoms with Gasteiger partial charge in [0.15, 0.2) is 5.58 Å². The number of aromatic nitrogens is 2. The molecule has 132 valence electrons. The Morgan fingerprint density at radius 2 is 1.88 bits per heavy atom. The zero-order valence-electron chi connectivity index (χ0n) is 13.8. The summed E-state index contributed by atoms with van der Waals surface area (Å²) in [6.07, 6.45) is 0. The number of fused-ring (bicyclic) bond motifs is 1. The van der Waals surface area contributed by atoms with Crippen LogP contribution in [0.25, 0.3) is 22.2 Å². The lowest BCUT2D eigenvalue weighted by Gasteiger charge is -2.07. The maximum absolute atomic E-state index is 12.5. The third-order valence-electron chi connectivity index (χ3n) is 3.85. The van der Waals surface area contributed by atoms with Crippen molar-refractivity contribution in [1.82, 2.24) is 10.1 Å². The van der Waals surface area contributed by atoms with Crippen molar-refractivity contribution in [1.29, 1.82) is 0 Å². The van der Waals surface area contributed by atoms with Crippen molar-refractivity contribution < 1.29 is 12.9 Å². The average molecular weight is 385 g/mol. The predicted molar refractivity (Wildman–Crippen MR) is 103 cm³/mol. The number of hydrogen-bond acceptors (Lipinski definition) is 6. The van der Waals surface area contributed by atoms with Gasteiger partial charge in [0.1, 0.15) is 11.4 Å². The number of nitrogens with zero attached hydrogens (tertiary/aromatic N) is 2. The van der Waals surface area contributed by atoms with Crippen LogP contribution in [0.2, 0.25) is 0 Å². The first-order valence-corrected chi connectivity index (χ1v) is 10.4. The smallest absolute Gasteiger partial charge is 0.238 e. The fourth-order valence-electron chi connectivity index (χ4n) is 2.64. The maximum atomic E-state index is 12.5. The van der Waals surface area contributed by atoms with Crippen molar-refractivity contribution in [3.8, 4) is 11.3 Å². The molecule has 4 aromatic rings. The van der Waals surface area contributed by atoms with E-state index in [1.54, 1.807) is 35.6 Å². The second-order valence-electron chi connectivity index (χ2n) is 5.82. The van der Waals surface area contributed by atoms with Gasteiger partial charge in [0.05, 0.1) is 10.7 Å². The van der Waals surface area contributed by atoms with Gasteiger partial charge in [-0.2, -0.15) is 0 Å². The third-order valence-corrected chi connectivity index (χ3v) is 5.83. The van der Waals surface area contributed by atoms with Gasteiger partial charge in [-0.05, 0) is 31.2 Å². The Kier molecular flexibility index (Phi) is 4.21. The minimum atomic E-state index is -3.61. The van der Waals surface area contributed by atoms with Crippen LogP contribution in [-0.4, -0.2) is 18.6 Å². The van der Waals surface area contributed by atoms with Crippen molar-refractivity contribution in [2.75, 3.05) is 4.72 Å². The molecule has 0 radical (unpaired) electrons. The van der Waals surface area contributed by atoms with E-state index in [2.05, 4.69) is 14.9 Å². The van der Waals surface area contributed by atoms with Crippen LogP contribution in [0.3, 0.4) is 0 Å². The molecule has 0 saturated carbocycles. The highest BCUT2D eigenvalue weighted by molar-refractivity contribution is 7.91. The first kappa shape index (κ1) is 16.7. The van der Waals surface area contributed by atoms with E-state index in [9.17, 15) is 8.42 Å². The zero-order valence-corrected chi connectivity index (χ0v) is 15.5. The molecule has 0 saturated heterocycles. The summed E-state index contributed by atoms with van der Waals surface area (Å²) in [5.41, 5.74) is 3.28. The standard InChI is InChI=1S/C18H15N3O3S2/c1-12-19-16(10-25-12)13-6-8-14(9-7-13)21-26(22,23)11-17-15-4-2-3-5-18(15)24-20-17/h2-10,21H,11H2,1H3. The van der Waals surface area contributed by atoms with Crippen LogP contribution in [0, 0.1) is 6.92 Å². The molecule has 4 rings (SSSR count). The van der Waals surface area contributed by atoms with Gasteiger partial charge in [0.25, 0.3) is 0 Å². The molecular weight excluding hydrogens is 370 g/mol. The van der Waals surface area contributed by atoms with E-state index >= 15 is 0 Å². The molecule has 1 N–H and O–H groups in total. The summed E-state index contributed by atoms with van der Waals surface area (Å²) in [7, 11) is -3.61. The van der Waals surface area contributed by atoms with Gasteiger partial charge in [-0.25, -0.2) is 13.4 Å². The second-order valence-corrected chi connectivity index (χ2v) is 8.60. The molecule has 0 bridgehead atoms. The molecule has 0 spiro atoms. The van der Waals surface area contributed by atoms with E-state index in [4.69, 9.17) is 4.52 Å². The van der Waals surface area contributed by atoms with Gasteiger partial charge in [-0.1, -0.05) is 29.4 Å². The summed E-state index contributed by atoms with van der Waals surface area (Å²) < 4.78 is 32.7. The van der Waals surface area contributed by atoms with E-state index in [0.717, 1.165) is 16.3 Å². The van der Waals surface area contributed by atoms with Crippen LogP contribution >= 0.6 is 11.3 Å². The van der Waals surface area contributed by atoms with Crippen LogP contribution < -0.4 is 4.72 Å². The van der Waals surface area contributed by atoms with Gasteiger partial charge >= 0.3 is 0 Å². The van der Waals surface area contributed by atoms with Crippen molar-refractivity contribution in [2.45, 2.75) is 12.7 Å². The number of benzene rings is 2. The summed E-state index contributed by atoms with van der Waals surface area (Å²) in [5, 5.41) is 7.54. The van der Waals surface area contributed by atoms with Crippen molar-refractivity contribution in [2.24, 2.45) is 0 Å². The van der Waals surface area contributed by atoms with E-state index in [-0.39, 0.29) is 5.75 Å². The highest BCUT2D eigenvalue weighted by atomic mass is 32.2. The molecule has 0 aliphatic carbocycles. The first-order chi connectivity index (χ1) is 12.5. The number of nitrogens with one attached hydrogen (secondary N) is 1. The Morgan fingerprint density at radius 3 is 2.62 bits per heavy atom. The van der Waals surface area contributed by atoms with Gasteiger partial charge in [-0.3, -0.25) is 4.72 Å². The lowest BCUT2D eigenvalue weighted by atomic mass is 10.1. The highest BCUT2D eigenvalue weighted by Gasteiger charge is 2.17. The van der Waals surface area contributed by atoms with Crippen LogP contribution in [0.4, 0.5) is 5.69 Å². The average Bonchev–Trinajstić information content (AvgIpc) is 3.22. The fraction of sp³-hybridized carbons (Fsp3) is 0.111. The molecule has 26 heavy (non-hydrogen) atoms. The molecule has 0 atom stereocenters. The summed E-state index contributed by atoms with van der Waals surface area (Å²) in [6.45, 7) is 1.95. The topological polar surface area (TPSA) is 85.1 Å². The Hall–Kier alpha value is -2.71. The number of anilines is 1. The Morgan fingerprint density at radius 1 is 1.12 bits per heavy atom. The zero-order chi connectivity index (χ0) is 18.1. The predicted octanol–water partition coefficient (Wildman–Crippen LogP) is 4.20. The summed E-state index contributed by atoms with van der Waals surface area (Å²) in [6, 6.07) is 14.3. The molecule has 6 nitrogen and oxygen atoms in total. The largest absolute Gasteiger partial charge is 0.356 e. The molecule has 0 amide bonds. The van der Waals surface area contributed by atoms with E-state index in [0.29, 0.717) is 22.4 Å². The first-order valence-electron chi connectivity index (χ1n) is 7.86. The van der Waals surface area contributed by atoms with Gasteiger partial charge in [0, 0.05) is 22.0 Å². The normalized spacial score (nSPS) is 11.7. The van der Waals surface area contributed by atoms with Crippen molar-refractivity contribution >= 4 is 38.0 Å². The monoisotopic (exact) mass is 385 g/mol. The molecular formula is C18H15N3O3S2. The second kappa shape index (κ2) is 6.54. The van der Waals surface area contributed by atoms with Crippen LogP contribution in [0.15, 0.2) is 58.4 Å². The molecule has 0 unspecified atom stereocenters. The van der Waals surface area contributed by atoms with Crippen LogP contribution in [0.5, 0.6) is 0 Å². The number of thiazole rings is 1. The maximum Gasteiger partial charge on any atom is 0.238 e. The minimum absolute atomic E-state index is 0.253. The van der Waals surface area contributed by atoms with Gasteiger partial charge < -0.3 is 4.52 Å². The number of aryl methyl sites for hydroxylation is 1. The third kappa shape index (κ3) is 3.47. The summed E-state index contributed by atoms with van der Waals surface area (Å²) in [4.78, 5) is 4.43. The molecule has 2 heterocycles. The molecule has 0 aliphatic heterocycles. The summed E-state index contributed by atoms with van der Waals surface area (Å²) >= 11 is 1.58. The number of hydrogen-bond donors (Lipinski definition) is 1. The Labute approximate surface area is 154 Å². The SMILES string of the molecule is Cc1nc(-c2ccc(NS(=O)(=O)Cc3noc4ccccc34)cc2)cs1. The lowest BCUT2D eigenvalue weighted by Crippen LogP contribution is -2.15. The lowest BCUT2D eigenvalue weighted by molar-refractivity contribution is 0.448. The van der Waals surface area contributed by atoms with Crippen LogP contribution in [-0.2, 0) is 15.8 Å². The molecule has 2 aromatic carbocycles. The quantitative estimate of drug-likeness (QED) is 0.556. The van der Waals surface area contributed by atoms with E-state index < -0.39 is 10.0 Å². The number of rotatable bonds is 5. The Balaban J connectivity index is 1.52. The molecule has 0 aliphatic rings. The van der Waals surface area contributed by atoms with Gasteiger partial charge in [0.2, 0.25) is 10.0 Å². The summed E-state index contributed by atoms with van der Waals surface area (Å²) in [5.74, 6) is -0.253. The minimum Gasteiger partial charge on any atom is -0.356 e. The van der Waals surface area contributed by atoms with Crippen molar-refractivity contribution in [3.05, 3.63) is 64.6 Å². The highest BCUT2D eigenvalue weighted by Crippen LogP contribution is 2.24. The van der Waals surface area contributed by atoms with Crippen molar-refractivity contribution in [3.63, 3.8) is 0 Å². The Bertz CT molecular complexity index is 1160. The molecule has 0 fully saturated rings. The van der Waals surface area contributed by atoms with Gasteiger partial charge in [-0.15, -0.1) is 11.3 Å². The molecule has 8 heteroatoms. The fourth-order valence-corrected chi connectivity index (χ4v) is 4.40. The van der Waals surface area contributed by atoms with E-state index in [1.807, 2.05) is 36.6 Å². The van der Waals surface area contributed by atoms with E-state index in [1.165, 1.54) is 0 Å². The number of para-hydroxylation sites is 1. The molecule has 2 aromatic heterocycles.